The lowest BCUT2D eigenvalue weighted by molar-refractivity contribution is 0.194. The summed E-state index contributed by atoms with van der Waals surface area (Å²) in [4.78, 5) is 6.37. The minimum absolute atomic E-state index is 0.302. The van der Waals surface area contributed by atoms with E-state index in [4.69, 9.17) is 10.3 Å². The molecular weight excluding hydrogens is 192 g/mol. The van der Waals surface area contributed by atoms with Crippen molar-refractivity contribution in [2.45, 2.75) is 39.9 Å². The van der Waals surface area contributed by atoms with Crippen molar-refractivity contribution in [3.05, 3.63) is 11.7 Å². The van der Waals surface area contributed by atoms with E-state index in [0.29, 0.717) is 36.8 Å². The van der Waals surface area contributed by atoms with Gasteiger partial charge in [0, 0.05) is 6.04 Å². The summed E-state index contributed by atoms with van der Waals surface area (Å²) in [5.74, 6) is 1.80. The van der Waals surface area contributed by atoms with Crippen LogP contribution >= 0.6 is 0 Å². The second kappa shape index (κ2) is 5.23. The number of nitrogens with two attached hydrogens (primary N) is 1. The topological polar surface area (TPSA) is 68.2 Å². The van der Waals surface area contributed by atoms with Crippen LogP contribution in [-0.2, 0) is 13.1 Å². The van der Waals surface area contributed by atoms with Crippen LogP contribution in [0.3, 0.4) is 0 Å². The number of hydrogen-bond donors (Lipinski definition) is 1. The molecule has 5 heteroatoms. The Kier molecular flexibility index (Phi) is 4.23. The van der Waals surface area contributed by atoms with E-state index in [9.17, 15) is 0 Å². The van der Waals surface area contributed by atoms with Crippen LogP contribution < -0.4 is 5.73 Å². The van der Waals surface area contributed by atoms with Crippen molar-refractivity contribution in [1.29, 1.82) is 0 Å². The van der Waals surface area contributed by atoms with Gasteiger partial charge in [-0.25, -0.2) is 0 Å². The van der Waals surface area contributed by atoms with Gasteiger partial charge in [-0.15, -0.1) is 0 Å². The Balaban J connectivity index is 2.54. The molecule has 5 nitrogen and oxygen atoms in total. The third-order valence-corrected chi connectivity index (χ3v) is 2.74. The fourth-order valence-electron chi connectivity index (χ4n) is 1.31. The summed E-state index contributed by atoms with van der Waals surface area (Å²) in [7, 11) is 2.06. The number of aromatic nitrogens is 2. The summed E-state index contributed by atoms with van der Waals surface area (Å²) in [5.41, 5.74) is 5.39. The molecule has 1 aromatic rings. The molecule has 0 aliphatic carbocycles. The zero-order valence-corrected chi connectivity index (χ0v) is 9.90. The van der Waals surface area contributed by atoms with Crippen LogP contribution in [0.5, 0.6) is 0 Å². The molecule has 1 aromatic heterocycles. The van der Waals surface area contributed by atoms with Crippen LogP contribution in [0.25, 0.3) is 0 Å². The van der Waals surface area contributed by atoms with Crippen LogP contribution in [-0.4, -0.2) is 28.1 Å². The highest BCUT2D eigenvalue weighted by Crippen LogP contribution is 2.10. The number of hydrogen-bond acceptors (Lipinski definition) is 5. The summed E-state index contributed by atoms with van der Waals surface area (Å²) in [6, 6.07) is 0.491. The third-order valence-electron chi connectivity index (χ3n) is 2.74. The van der Waals surface area contributed by atoms with Crippen molar-refractivity contribution < 1.29 is 4.52 Å². The van der Waals surface area contributed by atoms with Crippen LogP contribution in [0.1, 0.15) is 32.5 Å². The second-order valence-corrected chi connectivity index (χ2v) is 4.21. The minimum Gasteiger partial charge on any atom is -0.338 e. The van der Waals surface area contributed by atoms with Gasteiger partial charge in [0.15, 0.2) is 5.82 Å². The molecule has 0 aromatic carbocycles. The highest BCUT2D eigenvalue weighted by Gasteiger charge is 2.15. The fourth-order valence-corrected chi connectivity index (χ4v) is 1.31. The van der Waals surface area contributed by atoms with Crippen molar-refractivity contribution in [3.63, 3.8) is 0 Å². The molecule has 1 unspecified atom stereocenters. The van der Waals surface area contributed by atoms with Gasteiger partial charge in [-0.1, -0.05) is 19.0 Å². The van der Waals surface area contributed by atoms with Gasteiger partial charge < -0.3 is 10.3 Å². The molecule has 0 amide bonds. The Bertz CT molecular complexity index is 297. The maximum Gasteiger partial charge on any atom is 0.240 e. The quantitative estimate of drug-likeness (QED) is 0.788. The van der Waals surface area contributed by atoms with Gasteiger partial charge in [-0.2, -0.15) is 4.98 Å². The third kappa shape index (κ3) is 3.28. The molecule has 0 aliphatic rings. The zero-order chi connectivity index (χ0) is 11.4. The fraction of sp³-hybridized carbons (Fsp3) is 0.800. The Labute approximate surface area is 90.6 Å². The minimum atomic E-state index is 0.302. The normalized spacial score (nSPS) is 13.8. The highest BCUT2D eigenvalue weighted by atomic mass is 16.5. The van der Waals surface area contributed by atoms with Crippen LogP contribution in [0, 0.1) is 5.92 Å². The van der Waals surface area contributed by atoms with Gasteiger partial charge in [0.2, 0.25) is 5.89 Å². The van der Waals surface area contributed by atoms with E-state index in [1.54, 1.807) is 0 Å². The molecule has 0 spiro atoms. The molecule has 2 N–H and O–H groups in total. The highest BCUT2D eigenvalue weighted by molar-refractivity contribution is 4.86. The first kappa shape index (κ1) is 12.1. The van der Waals surface area contributed by atoms with Crippen LogP contribution in [0.15, 0.2) is 4.52 Å². The van der Waals surface area contributed by atoms with Crippen molar-refractivity contribution in [2.24, 2.45) is 11.7 Å². The number of rotatable bonds is 5. The van der Waals surface area contributed by atoms with Crippen LogP contribution in [0.2, 0.25) is 0 Å². The maximum atomic E-state index is 5.39. The first-order chi connectivity index (χ1) is 7.04. The molecular formula is C10H20N4O. The van der Waals surface area contributed by atoms with Gasteiger partial charge in [0.25, 0.3) is 0 Å². The molecule has 1 heterocycles. The van der Waals surface area contributed by atoms with E-state index in [1.807, 2.05) is 0 Å². The van der Waals surface area contributed by atoms with E-state index in [0.717, 1.165) is 0 Å². The van der Waals surface area contributed by atoms with Crippen molar-refractivity contribution in [1.82, 2.24) is 15.0 Å². The van der Waals surface area contributed by atoms with E-state index >= 15 is 0 Å². The molecule has 1 atom stereocenters. The first-order valence-corrected chi connectivity index (χ1v) is 5.26. The predicted molar refractivity (Wildman–Crippen MR) is 58.0 cm³/mol. The second-order valence-electron chi connectivity index (χ2n) is 4.21. The van der Waals surface area contributed by atoms with E-state index in [2.05, 4.69) is 42.9 Å². The largest absolute Gasteiger partial charge is 0.338 e. The zero-order valence-electron chi connectivity index (χ0n) is 9.90. The van der Waals surface area contributed by atoms with E-state index in [-0.39, 0.29) is 0 Å². The molecule has 0 saturated carbocycles. The predicted octanol–water partition coefficient (Wildman–Crippen LogP) is 1.00. The van der Waals surface area contributed by atoms with E-state index < -0.39 is 0 Å². The maximum absolute atomic E-state index is 5.39. The van der Waals surface area contributed by atoms with Crippen molar-refractivity contribution in [3.8, 4) is 0 Å². The summed E-state index contributed by atoms with van der Waals surface area (Å²) in [6.07, 6.45) is 0. The van der Waals surface area contributed by atoms with Gasteiger partial charge >= 0.3 is 0 Å². The summed E-state index contributed by atoms with van der Waals surface area (Å²) < 4.78 is 4.94. The lowest BCUT2D eigenvalue weighted by atomic mass is 10.1. The molecule has 0 aliphatic heterocycles. The Hall–Kier alpha value is -0.940. The Morgan fingerprint density at radius 2 is 2.07 bits per heavy atom. The Morgan fingerprint density at radius 1 is 1.40 bits per heavy atom. The molecule has 15 heavy (non-hydrogen) atoms. The molecule has 0 saturated heterocycles. The van der Waals surface area contributed by atoms with Crippen molar-refractivity contribution in [2.75, 3.05) is 7.05 Å². The molecule has 0 radical (unpaired) electrons. The average molecular weight is 212 g/mol. The van der Waals surface area contributed by atoms with Gasteiger partial charge in [-0.3, -0.25) is 4.90 Å². The van der Waals surface area contributed by atoms with Gasteiger partial charge in [0.1, 0.15) is 0 Å². The summed E-state index contributed by atoms with van der Waals surface area (Å²) in [6.45, 7) is 7.58. The Morgan fingerprint density at radius 3 is 2.53 bits per heavy atom. The molecule has 1 rings (SSSR count). The van der Waals surface area contributed by atoms with Gasteiger partial charge in [0.05, 0.1) is 13.1 Å². The average Bonchev–Trinajstić information content (AvgIpc) is 2.64. The SMILES string of the molecule is CC(C)C(C)N(C)Cc1noc(CN)n1. The monoisotopic (exact) mass is 212 g/mol. The first-order valence-electron chi connectivity index (χ1n) is 5.26. The lowest BCUT2D eigenvalue weighted by Gasteiger charge is -2.26. The molecule has 86 valence electrons. The molecule has 0 bridgehead atoms. The standard InChI is InChI=1S/C10H20N4O/c1-7(2)8(3)14(4)6-9-12-10(5-11)15-13-9/h7-8H,5-6,11H2,1-4H3. The number of nitrogens with zero attached hydrogens (tertiary/aromatic N) is 3. The smallest absolute Gasteiger partial charge is 0.240 e. The lowest BCUT2D eigenvalue weighted by Crippen LogP contribution is -2.33. The summed E-state index contributed by atoms with van der Waals surface area (Å²) in [5, 5.41) is 3.86. The van der Waals surface area contributed by atoms with Gasteiger partial charge in [-0.05, 0) is 19.9 Å². The van der Waals surface area contributed by atoms with E-state index in [1.165, 1.54) is 0 Å². The molecule has 0 fully saturated rings. The summed E-state index contributed by atoms with van der Waals surface area (Å²) >= 11 is 0. The van der Waals surface area contributed by atoms with Crippen molar-refractivity contribution >= 4 is 0 Å². The van der Waals surface area contributed by atoms with Crippen LogP contribution in [0.4, 0.5) is 0 Å².